The Balaban J connectivity index is 3.01. The molecule has 0 radical (unpaired) electrons. The quantitative estimate of drug-likeness (QED) is 0.279. The van der Waals surface area contributed by atoms with Crippen LogP contribution in [0.25, 0.3) is 0 Å². The smallest absolute Gasteiger partial charge is 0.408 e. The minimum absolute atomic E-state index is 0.123. The van der Waals surface area contributed by atoms with Crippen LogP contribution in [0.3, 0.4) is 0 Å². The van der Waals surface area contributed by atoms with E-state index in [4.69, 9.17) is 4.74 Å². The summed E-state index contributed by atoms with van der Waals surface area (Å²) in [7, 11) is 1.59. The third kappa shape index (κ3) is 12.4. The third-order valence-corrected chi connectivity index (χ3v) is 6.21. The van der Waals surface area contributed by atoms with Crippen molar-refractivity contribution in [2.45, 2.75) is 110 Å². The van der Waals surface area contributed by atoms with E-state index in [2.05, 4.69) is 22.9 Å². The number of rotatable bonds is 10. The zero-order valence-electron chi connectivity index (χ0n) is 21.6. The third-order valence-electron chi connectivity index (χ3n) is 6.21. The molecule has 0 aliphatic carbocycles. The summed E-state index contributed by atoms with van der Waals surface area (Å²) in [6, 6.07) is -1.36. The van der Waals surface area contributed by atoms with Gasteiger partial charge in [0.15, 0.2) is 0 Å². The van der Waals surface area contributed by atoms with Crippen LogP contribution in [0.2, 0.25) is 0 Å². The van der Waals surface area contributed by atoms with Crippen LogP contribution in [-0.2, 0) is 14.3 Å². The van der Waals surface area contributed by atoms with Crippen LogP contribution in [0.5, 0.6) is 0 Å². The van der Waals surface area contributed by atoms with Crippen LogP contribution >= 0.6 is 0 Å². The first kappa shape index (κ1) is 29.9. The van der Waals surface area contributed by atoms with Crippen molar-refractivity contribution >= 4 is 17.9 Å². The summed E-state index contributed by atoms with van der Waals surface area (Å²) >= 11 is 0. The van der Waals surface area contributed by atoms with E-state index >= 15 is 0 Å². The summed E-state index contributed by atoms with van der Waals surface area (Å²) in [6.07, 6.45) is 12.4. The molecule has 0 aromatic rings. The molecular weight excluding hydrogens is 434 g/mol. The molecule has 1 heterocycles. The highest BCUT2D eigenvalue weighted by Crippen LogP contribution is 2.18. The fourth-order valence-corrected chi connectivity index (χ4v) is 4.27. The highest BCUT2D eigenvalue weighted by atomic mass is 16.6. The molecule has 3 amide bonds. The topological polar surface area (TPSA) is 117 Å². The Morgan fingerprint density at radius 1 is 1.18 bits per heavy atom. The van der Waals surface area contributed by atoms with Crippen LogP contribution < -0.4 is 16.0 Å². The van der Waals surface area contributed by atoms with Crippen molar-refractivity contribution in [1.29, 1.82) is 0 Å². The minimum Gasteiger partial charge on any atom is -0.446 e. The Kier molecular flexibility index (Phi) is 15.3. The fraction of sp³-hybridized carbons (Fsp3) is 0.808. The van der Waals surface area contributed by atoms with E-state index in [0.717, 1.165) is 25.7 Å². The van der Waals surface area contributed by atoms with E-state index < -0.39 is 18.2 Å². The second-order valence-electron chi connectivity index (χ2n) is 9.78. The fourth-order valence-electron chi connectivity index (χ4n) is 4.27. The van der Waals surface area contributed by atoms with Crippen molar-refractivity contribution in [3.8, 4) is 0 Å². The van der Waals surface area contributed by atoms with Crippen molar-refractivity contribution in [3.05, 3.63) is 12.2 Å². The number of nitrogens with one attached hydrogen (secondary N) is 3. The first-order valence-corrected chi connectivity index (χ1v) is 13.1. The number of unbranched alkanes of at least 4 members (excludes halogenated alkanes) is 4. The van der Waals surface area contributed by atoms with Gasteiger partial charge in [-0.05, 0) is 50.9 Å². The van der Waals surface area contributed by atoms with Gasteiger partial charge in [-0.3, -0.25) is 9.59 Å². The number of carbonyl (C=O) groups is 3. The Labute approximate surface area is 205 Å². The molecule has 1 rings (SSSR count). The number of carbonyl (C=O) groups excluding carboxylic acids is 3. The highest BCUT2D eigenvalue weighted by Gasteiger charge is 2.28. The largest absolute Gasteiger partial charge is 0.446 e. The monoisotopic (exact) mass is 481 g/mol. The lowest BCUT2D eigenvalue weighted by molar-refractivity contribution is -0.127. The molecule has 8 nitrogen and oxygen atoms in total. The van der Waals surface area contributed by atoms with Gasteiger partial charge >= 0.3 is 6.09 Å². The van der Waals surface area contributed by atoms with Gasteiger partial charge in [0.05, 0.1) is 12.6 Å². The van der Waals surface area contributed by atoms with Gasteiger partial charge in [-0.25, -0.2) is 4.79 Å². The lowest BCUT2D eigenvalue weighted by Crippen LogP contribution is -2.52. The average molecular weight is 482 g/mol. The number of hydrogen-bond donors (Lipinski definition) is 4. The lowest BCUT2D eigenvalue weighted by atomic mass is 9.94. The molecule has 0 aromatic heterocycles. The molecule has 1 aliphatic heterocycles. The maximum Gasteiger partial charge on any atom is 0.408 e. The summed E-state index contributed by atoms with van der Waals surface area (Å²) < 4.78 is 5.75. The van der Waals surface area contributed by atoms with Crippen molar-refractivity contribution in [2.75, 3.05) is 13.7 Å². The van der Waals surface area contributed by atoms with Gasteiger partial charge in [-0.1, -0.05) is 58.6 Å². The van der Waals surface area contributed by atoms with Gasteiger partial charge in [0.25, 0.3) is 0 Å². The van der Waals surface area contributed by atoms with E-state index in [1.54, 1.807) is 7.05 Å². The molecule has 4 atom stereocenters. The first-order valence-electron chi connectivity index (χ1n) is 13.1. The first-order chi connectivity index (χ1) is 16.3. The molecule has 1 aliphatic rings. The highest BCUT2D eigenvalue weighted by molar-refractivity contribution is 5.86. The summed E-state index contributed by atoms with van der Waals surface area (Å²) in [5.74, 6) is -0.695. The predicted molar refractivity (Wildman–Crippen MR) is 134 cm³/mol. The SMILES string of the molecule is CCCCCCCC1CC/C=C/CC(C(=O)NC)C[C@@H](CO)NC(=O)[C@H](CC(C)C)NC(=O)O1. The van der Waals surface area contributed by atoms with Crippen LogP contribution in [-0.4, -0.2) is 54.9 Å². The van der Waals surface area contributed by atoms with E-state index in [1.165, 1.54) is 19.3 Å². The van der Waals surface area contributed by atoms with E-state index in [-0.39, 0.29) is 36.4 Å². The zero-order valence-corrected chi connectivity index (χ0v) is 21.6. The van der Waals surface area contributed by atoms with Crippen LogP contribution in [0.4, 0.5) is 4.79 Å². The summed E-state index contributed by atoms with van der Waals surface area (Å²) in [4.78, 5) is 38.1. The normalized spacial score (nSPS) is 25.9. The molecule has 0 saturated carbocycles. The molecule has 0 bridgehead atoms. The second kappa shape index (κ2) is 17.4. The van der Waals surface area contributed by atoms with Gasteiger partial charge < -0.3 is 25.8 Å². The van der Waals surface area contributed by atoms with Crippen molar-refractivity contribution in [3.63, 3.8) is 0 Å². The number of cyclic esters (lactones) is 1. The Bertz CT molecular complexity index is 638. The molecule has 4 N–H and O–H groups in total. The number of allylic oxidation sites excluding steroid dienone is 2. The Morgan fingerprint density at radius 2 is 1.91 bits per heavy atom. The number of aliphatic hydroxyl groups excluding tert-OH is 1. The summed E-state index contributed by atoms with van der Waals surface area (Å²) in [5, 5.41) is 18.1. The average Bonchev–Trinajstić information content (AvgIpc) is 2.80. The number of hydrogen-bond acceptors (Lipinski definition) is 5. The maximum absolute atomic E-state index is 13.0. The second-order valence-corrected chi connectivity index (χ2v) is 9.78. The molecule has 0 fully saturated rings. The summed E-state index contributed by atoms with van der Waals surface area (Å²) in [5.41, 5.74) is 0. The van der Waals surface area contributed by atoms with Crippen molar-refractivity contribution in [1.82, 2.24) is 16.0 Å². The molecular formula is C26H47N3O5. The molecule has 196 valence electrons. The van der Waals surface area contributed by atoms with Crippen LogP contribution in [0, 0.1) is 11.8 Å². The number of ether oxygens (including phenoxy) is 1. The van der Waals surface area contributed by atoms with Crippen molar-refractivity contribution in [2.24, 2.45) is 11.8 Å². The van der Waals surface area contributed by atoms with Gasteiger partial charge in [-0.2, -0.15) is 0 Å². The maximum atomic E-state index is 13.0. The predicted octanol–water partition coefficient (Wildman–Crippen LogP) is 3.83. The molecule has 0 spiro atoms. The van der Waals surface area contributed by atoms with E-state index in [1.807, 2.05) is 26.0 Å². The molecule has 8 heteroatoms. The van der Waals surface area contributed by atoms with Gasteiger partial charge in [0.1, 0.15) is 12.1 Å². The van der Waals surface area contributed by atoms with Crippen LogP contribution in [0.1, 0.15) is 91.4 Å². The number of aliphatic hydroxyl groups is 1. The van der Waals surface area contributed by atoms with Crippen molar-refractivity contribution < 1.29 is 24.2 Å². The Morgan fingerprint density at radius 3 is 2.56 bits per heavy atom. The molecule has 0 saturated heterocycles. The van der Waals surface area contributed by atoms with Gasteiger partial charge in [-0.15, -0.1) is 0 Å². The Hall–Kier alpha value is -2.09. The lowest BCUT2D eigenvalue weighted by Gasteiger charge is -2.26. The zero-order chi connectivity index (χ0) is 25.3. The van der Waals surface area contributed by atoms with Crippen LogP contribution in [0.15, 0.2) is 12.2 Å². The van der Waals surface area contributed by atoms with Gasteiger partial charge in [0.2, 0.25) is 11.8 Å². The molecule has 0 aromatic carbocycles. The number of amides is 3. The van der Waals surface area contributed by atoms with E-state index in [9.17, 15) is 19.5 Å². The standard InChI is InChI=1S/C26H47N3O5/c1-5-6-7-8-11-14-22-15-12-9-10-13-20(24(31)27-4)17-21(18-30)28-25(32)23(16-19(2)3)29-26(33)34-22/h9-10,19-23,30H,5-8,11-18H2,1-4H3,(H,27,31)(H,28,32)(H,29,33)/b10-9+/t20?,21-,22?,23-/m0/s1. The molecule has 2 unspecified atom stereocenters. The molecule has 34 heavy (non-hydrogen) atoms. The van der Waals surface area contributed by atoms with Gasteiger partial charge in [0, 0.05) is 13.0 Å². The number of alkyl carbamates (subject to hydrolysis) is 1. The van der Waals surface area contributed by atoms with E-state index in [0.29, 0.717) is 25.7 Å². The summed E-state index contributed by atoms with van der Waals surface area (Å²) in [6.45, 7) is 5.85. The minimum atomic E-state index is -0.770.